The van der Waals surface area contributed by atoms with Gasteiger partial charge in [0.15, 0.2) is 15.7 Å². The Morgan fingerprint density at radius 2 is 1.89 bits per heavy atom. The lowest BCUT2D eigenvalue weighted by Crippen LogP contribution is -2.44. The number of ether oxygens (including phenoxy) is 2. The van der Waals surface area contributed by atoms with Gasteiger partial charge in [-0.1, -0.05) is 24.8 Å². The average Bonchev–Trinajstić information content (AvgIpc) is 2.84. The Balaban J connectivity index is 1.67. The van der Waals surface area contributed by atoms with Crippen molar-refractivity contribution < 1.29 is 22.7 Å². The summed E-state index contributed by atoms with van der Waals surface area (Å²) in [5.41, 5.74) is 1.59. The molecule has 1 aliphatic heterocycles. The molecule has 1 N–H and O–H groups in total. The predicted molar refractivity (Wildman–Crippen MR) is 137 cm³/mol. The summed E-state index contributed by atoms with van der Waals surface area (Å²) in [5.74, 6) is 1.05. The highest BCUT2D eigenvalue weighted by Crippen LogP contribution is 2.26. The predicted octanol–water partition coefficient (Wildman–Crippen LogP) is 4.42. The van der Waals surface area contributed by atoms with Gasteiger partial charge in [-0.2, -0.15) is 0 Å². The molecule has 36 heavy (non-hydrogen) atoms. The molecule has 0 saturated carbocycles. The second-order valence-electron chi connectivity index (χ2n) is 8.52. The highest BCUT2D eigenvalue weighted by molar-refractivity contribution is 7.90. The van der Waals surface area contributed by atoms with E-state index < -0.39 is 15.9 Å². The number of morpholine rings is 1. The van der Waals surface area contributed by atoms with Crippen molar-refractivity contribution in [3.8, 4) is 11.4 Å². The molecule has 1 amide bonds. The van der Waals surface area contributed by atoms with Crippen LogP contribution < -0.4 is 10.2 Å². The van der Waals surface area contributed by atoms with E-state index in [1.54, 1.807) is 67.6 Å². The molecule has 1 saturated heterocycles. The molecule has 2 aromatic carbocycles. The lowest BCUT2D eigenvalue weighted by atomic mass is 10.2. The lowest BCUT2D eigenvalue weighted by molar-refractivity contribution is 0.0985. The van der Waals surface area contributed by atoms with Gasteiger partial charge < -0.3 is 14.4 Å². The van der Waals surface area contributed by atoms with E-state index in [-0.39, 0.29) is 22.4 Å². The van der Waals surface area contributed by atoms with Crippen LogP contribution in [0.25, 0.3) is 11.4 Å². The first-order valence-electron chi connectivity index (χ1n) is 11.5. The fourth-order valence-electron chi connectivity index (χ4n) is 3.81. The number of amides is 1. The number of allylic oxidation sites excluding steroid dienone is 1. The van der Waals surface area contributed by atoms with Crippen molar-refractivity contribution in [2.24, 2.45) is 0 Å². The molecule has 9 nitrogen and oxygen atoms in total. The number of carbonyl (C=O) groups excluding carboxylic acids is 1. The molecule has 3 aromatic rings. The third-order valence-electron chi connectivity index (χ3n) is 5.52. The number of nitrogens with one attached hydrogen (secondary N) is 1. The van der Waals surface area contributed by atoms with Crippen molar-refractivity contribution >= 4 is 27.4 Å². The van der Waals surface area contributed by atoms with Gasteiger partial charge >= 0.3 is 6.09 Å². The van der Waals surface area contributed by atoms with Gasteiger partial charge in [-0.05, 0) is 50.2 Å². The first-order valence-corrected chi connectivity index (χ1v) is 13.1. The van der Waals surface area contributed by atoms with E-state index in [1.807, 2.05) is 6.92 Å². The van der Waals surface area contributed by atoms with Crippen LogP contribution in [0.5, 0.6) is 0 Å². The van der Waals surface area contributed by atoms with Crippen LogP contribution >= 0.6 is 0 Å². The second kappa shape index (κ2) is 10.9. The largest absolute Gasteiger partial charge is 0.416 e. The van der Waals surface area contributed by atoms with Gasteiger partial charge in [0.2, 0.25) is 0 Å². The molecule has 10 heteroatoms. The molecule has 188 valence electrons. The van der Waals surface area contributed by atoms with Crippen molar-refractivity contribution in [3.05, 3.63) is 78.7 Å². The Morgan fingerprint density at radius 1 is 1.17 bits per heavy atom. The van der Waals surface area contributed by atoms with E-state index in [2.05, 4.69) is 21.8 Å². The lowest BCUT2D eigenvalue weighted by Gasteiger charge is -2.34. The topological polar surface area (TPSA) is 111 Å². The van der Waals surface area contributed by atoms with Gasteiger partial charge in [-0.15, -0.1) is 0 Å². The quantitative estimate of drug-likeness (QED) is 0.467. The Hall–Kier alpha value is -3.76. The van der Waals surface area contributed by atoms with E-state index in [0.29, 0.717) is 48.3 Å². The molecular formula is C26H28N4O5S. The van der Waals surface area contributed by atoms with Crippen molar-refractivity contribution in [2.45, 2.75) is 30.5 Å². The third-order valence-corrected chi connectivity index (χ3v) is 7.19. The summed E-state index contributed by atoms with van der Waals surface area (Å²) in [6, 6.07) is 17.0. The van der Waals surface area contributed by atoms with Gasteiger partial charge in [-0.3, -0.25) is 5.32 Å². The number of anilines is 2. The summed E-state index contributed by atoms with van der Waals surface area (Å²) >= 11 is 0. The van der Waals surface area contributed by atoms with Gasteiger partial charge in [-0.25, -0.2) is 23.2 Å². The average molecular weight is 509 g/mol. The van der Waals surface area contributed by atoms with Crippen LogP contribution in [-0.4, -0.2) is 50.3 Å². The van der Waals surface area contributed by atoms with Crippen molar-refractivity contribution in [1.82, 2.24) is 9.97 Å². The zero-order valence-corrected chi connectivity index (χ0v) is 21.0. The van der Waals surface area contributed by atoms with Crippen LogP contribution in [0, 0.1) is 0 Å². The first-order chi connectivity index (χ1) is 17.2. The number of hydrogen-bond acceptors (Lipinski definition) is 8. The maximum absolute atomic E-state index is 13.1. The number of carbonyl (C=O) groups is 1. The molecular weight excluding hydrogens is 480 g/mol. The van der Waals surface area contributed by atoms with E-state index >= 15 is 0 Å². The maximum atomic E-state index is 13.1. The maximum Gasteiger partial charge on any atom is 0.416 e. The molecule has 1 aliphatic rings. The number of nitrogens with zero attached hydrogens (tertiary/aromatic N) is 3. The van der Waals surface area contributed by atoms with E-state index in [4.69, 9.17) is 14.5 Å². The van der Waals surface area contributed by atoms with Gasteiger partial charge in [0.25, 0.3) is 0 Å². The summed E-state index contributed by atoms with van der Waals surface area (Å²) in [5, 5.41) is 2.62. The summed E-state index contributed by atoms with van der Waals surface area (Å²) in [4.78, 5) is 23.5. The number of benzene rings is 2. The fraction of sp³-hybridized carbons (Fsp3) is 0.269. The Labute approximate surface area is 210 Å². The molecule has 0 unspecified atom stereocenters. The molecule has 0 aliphatic carbocycles. The molecule has 4 rings (SSSR count). The minimum absolute atomic E-state index is 0.0750. The first kappa shape index (κ1) is 25.3. The molecule has 0 spiro atoms. The Kier molecular flexibility index (Phi) is 7.66. The Bertz CT molecular complexity index is 1340. The van der Waals surface area contributed by atoms with Gasteiger partial charge in [0, 0.05) is 23.9 Å². The molecule has 0 bridgehead atoms. The van der Waals surface area contributed by atoms with Crippen LogP contribution in [0.1, 0.15) is 19.5 Å². The SMILES string of the molecule is C=C(C)OC(=O)Nc1ccc(-c2nc(CS(=O)(=O)c3ccccc3)cc(N3CCOC[C@@H]3C)n2)cc1. The summed E-state index contributed by atoms with van der Waals surface area (Å²) < 4.78 is 36.6. The highest BCUT2D eigenvalue weighted by Gasteiger charge is 2.24. The zero-order valence-electron chi connectivity index (χ0n) is 20.2. The summed E-state index contributed by atoms with van der Waals surface area (Å²) in [6.07, 6.45) is -0.636. The Morgan fingerprint density at radius 3 is 2.56 bits per heavy atom. The minimum Gasteiger partial charge on any atom is -0.416 e. The van der Waals surface area contributed by atoms with Gasteiger partial charge in [0.05, 0.1) is 41.4 Å². The van der Waals surface area contributed by atoms with Crippen molar-refractivity contribution in [2.75, 3.05) is 30.0 Å². The molecule has 1 atom stereocenters. The van der Waals surface area contributed by atoms with Crippen molar-refractivity contribution in [3.63, 3.8) is 0 Å². The molecule has 2 heterocycles. The number of aromatic nitrogens is 2. The van der Waals surface area contributed by atoms with Crippen LogP contribution in [0.4, 0.5) is 16.3 Å². The molecule has 1 aromatic heterocycles. The van der Waals surface area contributed by atoms with Crippen LogP contribution in [0.3, 0.4) is 0 Å². The second-order valence-corrected chi connectivity index (χ2v) is 10.5. The molecule has 1 fully saturated rings. The number of sulfone groups is 1. The minimum atomic E-state index is -3.61. The van der Waals surface area contributed by atoms with E-state index in [9.17, 15) is 13.2 Å². The van der Waals surface area contributed by atoms with Crippen molar-refractivity contribution in [1.29, 1.82) is 0 Å². The number of rotatable bonds is 7. The van der Waals surface area contributed by atoms with Crippen LogP contribution in [0.15, 0.2) is 77.9 Å². The van der Waals surface area contributed by atoms with Crippen LogP contribution in [0.2, 0.25) is 0 Å². The van der Waals surface area contributed by atoms with Crippen LogP contribution in [-0.2, 0) is 25.1 Å². The monoisotopic (exact) mass is 508 g/mol. The standard InChI is InChI=1S/C26H28N4O5S/c1-18(2)35-26(31)28-21-11-9-20(10-12-21)25-27-22(17-36(32,33)23-7-5-4-6-8-23)15-24(29-25)30-13-14-34-16-19(30)3/h4-12,15,19H,1,13-14,16-17H2,2-3H3,(H,28,31)/t19-/m0/s1. The summed E-state index contributed by atoms with van der Waals surface area (Å²) in [7, 11) is -3.61. The summed E-state index contributed by atoms with van der Waals surface area (Å²) in [6.45, 7) is 8.90. The highest BCUT2D eigenvalue weighted by atomic mass is 32.2. The van der Waals surface area contributed by atoms with E-state index in [1.165, 1.54) is 0 Å². The van der Waals surface area contributed by atoms with Gasteiger partial charge in [0.1, 0.15) is 5.82 Å². The normalized spacial score (nSPS) is 15.8. The zero-order chi connectivity index (χ0) is 25.7. The third kappa shape index (κ3) is 6.27. The molecule has 0 radical (unpaired) electrons. The fourth-order valence-corrected chi connectivity index (χ4v) is 5.09. The van der Waals surface area contributed by atoms with E-state index in [0.717, 1.165) is 0 Å². The number of hydrogen-bond donors (Lipinski definition) is 1. The smallest absolute Gasteiger partial charge is 0.416 e.